The molecule has 3 N–H and O–H groups in total. The topological polar surface area (TPSA) is 94.3 Å². The molecular weight excluding hydrogens is 266 g/mol. The lowest BCUT2D eigenvalue weighted by atomic mass is 10.3. The number of pyridine rings is 1. The minimum Gasteiger partial charge on any atom is -0.380 e. The van der Waals surface area contributed by atoms with Crippen molar-refractivity contribution < 1.29 is 13.2 Å². The van der Waals surface area contributed by atoms with E-state index in [-0.39, 0.29) is 11.6 Å². The monoisotopic (exact) mass is 285 g/mol. The first-order chi connectivity index (χ1) is 9.12. The molecular formula is C12H19N3O3S. The molecule has 0 spiro atoms. The molecule has 0 amide bonds. The van der Waals surface area contributed by atoms with Crippen molar-refractivity contribution in [1.82, 2.24) is 9.71 Å². The van der Waals surface area contributed by atoms with E-state index < -0.39 is 10.0 Å². The Morgan fingerprint density at radius 3 is 2.79 bits per heavy atom. The van der Waals surface area contributed by atoms with E-state index in [4.69, 9.17) is 10.5 Å². The van der Waals surface area contributed by atoms with Gasteiger partial charge in [0.25, 0.3) is 10.0 Å². The van der Waals surface area contributed by atoms with Crippen LogP contribution in [0.1, 0.15) is 18.4 Å². The summed E-state index contributed by atoms with van der Waals surface area (Å²) in [7, 11) is -3.55. The van der Waals surface area contributed by atoms with Gasteiger partial charge in [0.1, 0.15) is 0 Å². The van der Waals surface area contributed by atoms with Gasteiger partial charge in [-0.25, -0.2) is 18.1 Å². The van der Waals surface area contributed by atoms with Crippen molar-refractivity contribution in [2.45, 2.75) is 24.4 Å². The Morgan fingerprint density at radius 1 is 1.42 bits per heavy atom. The predicted molar refractivity (Wildman–Crippen MR) is 70.9 cm³/mol. The average molecular weight is 285 g/mol. The average Bonchev–Trinajstić information content (AvgIpc) is 3.22. The molecule has 7 heteroatoms. The minimum atomic E-state index is -3.55. The molecule has 0 aliphatic heterocycles. The van der Waals surface area contributed by atoms with Gasteiger partial charge in [-0.15, -0.1) is 0 Å². The summed E-state index contributed by atoms with van der Waals surface area (Å²) in [4.78, 5) is 3.89. The smallest absolute Gasteiger partial charge is 0.258 e. The van der Waals surface area contributed by atoms with Gasteiger partial charge >= 0.3 is 0 Å². The zero-order chi connectivity index (χ0) is 13.7. The van der Waals surface area contributed by atoms with Crippen LogP contribution < -0.4 is 10.5 Å². The van der Waals surface area contributed by atoms with Gasteiger partial charge in [-0.05, 0) is 30.4 Å². The molecule has 1 aromatic heterocycles. The van der Waals surface area contributed by atoms with Crippen molar-refractivity contribution in [3.63, 3.8) is 0 Å². The fourth-order valence-corrected chi connectivity index (χ4v) is 2.49. The number of nitrogens with zero attached hydrogens (tertiary/aromatic N) is 1. The summed E-state index contributed by atoms with van der Waals surface area (Å²) >= 11 is 0. The summed E-state index contributed by atoms with van der Waals surface area (Å²) in [5.41, 5.74) is 6.23. The first-order valence-electron chi connectivity index (χ1n) is 6.34. The zero-order valence-corrected chi connectivity index (χ0v) is 11.5. The Bertz CT molecular complexity index is 497. The molecule has 1 aliphatic carbocycles. The molecule has 1 aliphatic rings. The van der Waals surface area contributed by atoms with Crippen LogP contribution in [-0.2, 0) is 21.3 Å². The molecule has 6 nitrogen and oxygen atoms in total. The number of ether oxygens (including phenoxy) is 1. The normalized spacial score (nSPS) is 15.6. The molecule has 2 rings (SSSR count). The van der Waals surface area contributed by atoms with Crippen LogP contribution >= 0.6 is 0 Å². The number of hydrogen-bond donors (Lipinski definition) is 2. The van der Waals surface area contributed by atoms with E-state index in [0.717, 1.165) is 12.2 Å². The highest BCUT2D eigenvalue weighted by molar-refractivity contribution is 7.89. The first-order valence-corrected chi connectivity index (χ1v) is 7.82. The number of rotatable bonds is 8. The highest BCUT2D eigenvalue weighted by Crippen LogP contribution is 2.28. The number of nitrogens with two attached hydrogens (primary N) is 1. The van der Waals surface area contributed by atoms with Gasteiger partial charge < -0.3 is 10.5 Å². The third kappa shape index (κ3) is 4.54. The fourth-order valence-electron chi connectivity index (χ4n) is 1.55. The Morgan fingerprint density at radius 2 is 2.21 bits per heavy atom. The van der Waals surface area contributed by atoms with E-state index in [1.807, 2.05) is 0 Å². The number of sulfonamides is 1. The third-order valence-electron chi connectivity index (χ3n) is 2.90. The Balaban J connectivity index is 1.78. The van der Waals surface area contributed by atoms with E-state index in [9.17, 15) is 8.42 Å². The maximum Gasteiger partial charge on any atom is 0.258 e. The zero-order valence-electron chi connectivity index (χ0n) is 10.7. The second-order valence-electron chi connectivity index (χ2n) is 4.62. The lowest BCUT2D eigenvalue weighted by Crippen LogP contribution is -2.28. The molecule has 106 valence electrons. The molecule has 0 atom stereocenters. The summed E-state index contributed by atoms with van der Waals surface area (Å²) in [6.07, 6.45) is 3.92. The lowest BCUT2D eigenvalue weighted by Gasteiger charge is -2.07. The van der Waals surface area contributed by atoms with E-state index in [1.54, 1.807) is 6.07 Å². The van der Waals surface area contributed by atoms with Crippen LogP contribution in [0.15, 0.2) is 23.4 Å². The quantitative estimate of drug-likeness (QED) is 0.667. The molecule has 19 heavy (non-hydrogen) atoms. The molecule has 1 aromatic rings. The largest absolute Gasteiger partial charge is 0.380 e. The van der Waals surface area contributed by atoms with Crippen LogP contribution in [-0.4, -0.2) is 33.2 Å². The highest BCUT2D eigenvalue weighted by Gasteiger charge is 2.21. The predicted octanol–water partition coefficient (Wildman–Crippen LogP) is 0.245. The Kier molecular flexibility index (Phi) is 4.87. The standard InChI is InChI=1S/C12H19N3O3S/c13-7-11-3-4-12(14-8-11)19(16,17)15-5-6-18-9-10-1-2-10/h3-4,8,10,15H,1-2,5-7,9,13H2. The molecule has 1 saturated carbocycles. The number of hydrogen-bond acceptors (Lipinski definition) is 5. The maximum absolute atomic E-state index is 11.9. The molecule has 0 saturated heterocycles. The van der Waals surface area contributed by atoms with Crippen molar-refractivity contribution in [2.75, 3.05) is 19.8 Å². The van der Waals surface area contributed by atoms with Crippen LogP contribution in [0.3, 0.4) is 0 Å². The molecule has 0 aromatic carbocycles. The van der Waals surface area contributed by atoms with Crippen LogP contribution in [0.25, 0.3) is 0 Å². The molecule has 0 bridgehead atoms. The van der Waals surface area contributed by atoms with Crippen LogP contribution in [0.2, 0.25) is 0 Å². The lowest BCUT2D eigenvalue weighted by molar-refractivity contribution is 0.129. The SMILES string of the molecule is NCc1ccc(S(=O)(=O)NCCOCC2CC2)nc1. The summed E-state index contributed by atoms with van der Waals surface area (Å²) in [6.45, 7) is 1.72. The van der Waals surface area contributed by atoms with Gasteiger partial charge in [0.2, 0.25) is 0 Å². The summed E-state index contributed by atoms with van der Waals surface area (Å²) < 4.78 is 31.6. The van der Waals surface area contributed by atoms with Crippen LogP contribution in [0, 0.1) is 5.92 Å². The van der Waals surface area contributed by atoms with Gasteiger partial charge in [-0.3, -0.25) is 0 Å². The Labute approximate surface area is 113 Å². The van der Waals surface area contributed by atoms with Crippen molar-refractivity contribution in [1.29, 1.82) is 0 Å². The maximum atomic E-state index is 11.9. The van der Waals surface area contributed by atoms with Crippen molar-refractivity contribution in [3.8, 4) is 0 Å². The second-order valence-corrected chi connectivity index (χ2v) is 6.34. The van der Waals surface area contributed by atoms with E-state index >= 15 is 0 Å². The molecule has 0 unspecified atom stereocenters. The Hall–Kier alpha value is -1.02. The fraction of sp³-hybridized carbons (Fsp3) is 0.583. The van der Waals surface area contributed by atoms with Crippen LogP contribution in [0.5, 0.6) is 0 Å². The summed E-state index contributed by atoms with van der Waals surface area (Å²) in [5, 5.41) is 0.00638. The number of aromatic nitrogens is 1. The van der Waals surface area contributed by atoms with Gasteiger partial charge in [0.15, 0.2) is 5.03 Å². The molecule has 1 fully saturated rings. The van der Waals surface area contributed by atoms with Gasteiger partial charge in [-0.2, -0.15) is 0 Å². The van der Waals surface area contributed by atoms with Gasteiger partial charge in [0.05, 0.1) is 6.61 Å². The van der Waals surface area contributed by atoms with Crippen molar-refractivity contribution in [3.05, 3.63) is 23.9 Å². The van der Waals surface area contributed by atoms with E-state index in [2.05, 4.69) is 9.71 Å². The molecule has 1 heterocycles. The third-order valence-corrected chi connectivity index (χ3v) is 4.27. The first kappa shape index (κ1) is 14.4. The van der Waals surface area contributed by atoms with E-state index in [0.29, 0.717) is 19.1 Å². The second kappa shape index (κ2) is 6.42. The van der Waals surface area contributed by atoms with E-state index in [1.165, 1.54) is 25.1 Å². The summed E-state index contributed by atoms with van der Waals surface area (Å²) in [5.74, 6) is 0.682. The van der Waals surface area contributed by atoms with Crippen LogP contribution in [0.4, 0.5) is 0 Å². The van der Waals surface area contributed by atoms with Crippen molar-refractivity contribution >= 4 is 10.0 Å². The van der Waals surface area contributed by atoms with Gasteiger partial charge in [-0.1, -0.05) is 6.07 Å². The minimum absolute atomic E-state index is 0.00638. The highest BCUT2D eigenvalue weighted by atomic mass is 32.2. The van der Waals surface area contributed by atoms with Gasteiger partial charge in [0, 0.05) is 25.9 Å². The molecule has 0 radical (unpaired) electrons. The number of nitrogens with one attached hydrogen (secondary N) is 1. The van der Waals surface area contributed by atoms with Crippen molar-refractivity contribution in [2.24, 2.45) is 11.7 Å². The summed E-state index contributed by atoms with van der Waals surface area (Å²) in [6, 6.07) is 3.11.